The topological polar surface area (TPSA) is 0 Å². The van der Waals surface area contributed by atoms with Crippen LogP contribution in [0.2, 0.25) is 0 Å². The third-order valence-corrected chi connectivity index (χ3v) is 2.19. The first-order valence-electron chi connectivity index (χ1n) is 4.13. The summed E-state index contributed by atoms with van der Waals surface area (Å²) in [5.74, 6) is 0.552. The SMILES string of the molecule is C=CC(C)Cc1ccc(S)cc1. The first kappa shape index (κ1) is 9.40. The van der Waals surface area contributed by atoms with Crippen molar-refractivity contribution in [2.24, 2.45) is 5.92 Å². The molecule has 0 aliphatic rings. The van der Waals surface area contributed by atoms with Gasteiger partial charge in [-0.05, 0) is 30.0 Å². The molecule has 0 N–H and O–H groups in total. The molecule has 1 unspecified atom stereocenters. The Morgan fingerprint density at radius 1 is 1.42 bits per heavy atom. The van der Waals surface area contributed by atoms with Gasteiger partial charge in [0.1, 0.15) is 0 Å². The second-order valence-corrected chi connectivity index (χ2v) is 3.60. The molecule has 0 saturated heterocycles. The average Bonchev–Trinajstić information content (AvgIpc) is 2.09. The molecule has 0 aromatic heterocycles. The zero-order valence-electron chi connectivity index (χ0n) is 7.33. The van der Waals surface area contributed by atoms with E-state index in [1.54, 1.807) is 0 Å². The molecular formula is C11H14S. The van der Waals surface area contributed by atoms with E-state index in [9.17, 15) is 0 Å². The summed E-state index contributed by atoms with van der Waals surface area (Å²) in [6.07, 6.45) is 3.05. The summed E-state index contributed by atoms with van der Waals surface area (Å²) in [6, 6.07) is 8.27. The van der Waals surface area contributed by atoms with Gasteiger partial charge in [0.25, 0.3) is 0 Å². The van der Waals surface area contributed by atoms with E-state index < -0.39 is 0 Å². The van der Waals surface area contributed by atoms with E-state index in [0.717, 1.165) is 11.3 Å². The van der Waals surface area contributed by atoms with E-state index in [0.29, 0.717) is 5.92 Å². The maximum atomic E-state index is 4.23. The van der Waals surface area contributed by atoms with Gasteiger partial charge in [0.15, 0.2) is 0 Å². The highest BCUT2D eigenvalue weighted by Gasteiger charge is 1.97. The summed E-state index contributed by atoms with van der Waals surface area (Å²) in [5, 5.41) is 0. The lowest BCUT2D eigenvalue weighted by Crippen LogP contribution is -1.94. The molecule has 0 radical (unpaired) electrons. The molecule has 0 fully saturated rings. The molecule has 12 heavy (non-hydrogen) atoms. The number of thiol groups is 1. The predicted molar refractivity (Wildman–Crippen MR) is 56.8 cm³/mol. The fourth-order valence-electron chi connectivity index (χ4n) is 1.09. The van der Waals surface area contributed by atoms with Crippen LogP contribution in [0.25, 0.3) is 0 Å². The highest BCUT2D eigenvalue weighted by molar-refractivity contribution is 7.80. The second-order valence-electron chi connectivity index (χ2n) is 3.08. The fourth-order valence-corrected chi connectivity index (χ4v) is 1.24. The van der Waals surface area contributed by atoms with Crippen LogP contribution in [0.1, 0.15) is 12.5 Å². The standard InChI is InChI=1S/C11H14S/c1-3-9(2)8-10-4-6-11(12)7-5-10/h3-7,9,12H,1,8H2,2H3. The largest absolute Gasteiger partial charge is 0.143 e. The van der Waals surface area contributed by atoms with Gasteiger partial charge in [0.2, 0.25) is 0 Å². The van der Waals surface area contributed by atoms with E-state index >= 15 is 0 Å². The molecule has 0 saturated carbocycles. The van der Waals surface area contributed by atoms with Gasteiger partial charge < -0.3 is 0 Å². The Balaban J connectivity index is 2.64. The van der Waals surface area contributed by atoms with Crippen LogP contribution >= 0.6 is 12.6 Å². The maximum Gasteiger partial charge on any atom is 0.00401 e. The van der Waals surface area contributed by atoms with Crippen molar-refractivity contribution in [3.63, 3.8) is 0 Å². The highest BCUT2D eigenvalue weighted by atomic mass is 32.1. The number of hydrogen-bond acceptors (Lipinski definition) is 1. The minimum atomic E-state index is 0.552. The molecule has 64 valence electrons. The van der Waals surface area contributed by atoms with Gasteiger partial charge in [-0.1, -0.05) is 25.1 Å². The third-order valence-electron chi connectivity index (χ3n) is 1.90. The monoisotopic (exact) mass is 178 g/mol. The molecule has 1 heteroatoms. The van der Waals surface area contributed by atoms with E-state index in [1.807, 2.05) is 18.2 Å². The van der Waals surface area contributed by atoms with Crippen LogP contribution in [0, 0.1) is 5.92 Å². The summed E-state index contributed by atoms with van der Waals surface area (Å²) in [5.41, 5.74) is 1.35. The number of rotatable bonds is 3. The van der Waals surface area contributed by atoms with Crippen LogP contribution in [0.3, 0.4) is 0 Å². The van der Waals surface area contributed by atoms with Gasteiger partial charge in [0.05, 0.1) is 0 Å². The highest BCUT2D eigenvalue weighted by Crippen LogP contribution is 2.12. The Kier molecular flexibility index (Phi) is 3.42. The van der Waals surface area contributed by atoms with Gasteiger partial charge in [-0.25, -0.2) is 0 Å². The Hall–Kier alpha value is -0.690. The van der Waals surface area contributed by atoms with Crippen LogP contribution in [0.5, 0.6) is 0 Å². The molecule has 1 atom stereocenters. The Bertz CT molecular complexity index is 248. The van der Waals surface area contributed by atoms with Crippen LogP contribution in [0.4, 0.5) is 0 Å². The van der Waals surface area contributed by atoms with E-state index in [2.05, 4.69) is 38.3 Å². The lowest BCUT2D eigenvalue weighted by Gasteiger charge is -2.05. The van der Waals surface area contributed by atoms with Crippen molar-refractivity contribution in [2.45, 2.75) is 18.2 Å². The average molecular weight is 178 g/mol. The van der Waals surface area contributed by atoms with Crippen LogP contribution < -0.4 is 0 Å². The summed E-state index contributed by atoms with van der Waals surface area (Å²) in [7, 11) is 0. The number of benzene rings is 1. The van der Waals surface area contributed by atoms with Crippen molar-refractivity contribution in [1.29, 1.82) is 0 Å². The summed E-state index contributed by atoms with van der Waals surface area (Å²) >= 11 is 4.23. The van der Waals surface area contributed by atoms with Gasteiger partial charge in [-0.3, -0.25) is 0 Å². The Labute approximate surface area is 79.7 Å². The molecule has 0 bridgehead atoms. The molecule has 1 rings (SSSR count). The normalized spacial score (nSPS) is 12.5. The first-order valence-corrected chi connectivity index (χ1v) is 4.57. The fraction of sp³-hybridized carbons (Fsp3) is 0.273. The molecule has 0 aliphatic carbocycles. The van der Waals surface area contributed by atoms with Crippen molar-refractivity contribution in [1.82, 2.24) is 0 Å². The zero-order chi connectivity index (χ0) is 8.97. The molecule has 0 spiro atoms. The quantitative estimate of drug-likeness (QED) is 0.532. The molecule has 1 aromatic carbocycles. The molecule has 0 amide bonds. The van der Waals surface area contributed by atoms with Gasteiger partial charge >= 0.3 is 0 Å². The summed E-state index contributed by atoms with van der Waals surface area (Å²) in [6.45, 7) is 5.93. The lowest BCUT2D eigenvalue weighted by molar-refractivity contribution is 0.725. The number of allylic oxidation sites excluding steroid dienone is 1. The summed E-state index contributed by atoms with van der Waals surface area (Å²) < 4.78 is 0. The smallest absolute Gasteiger partial charge is 0.00401 e. The predicted octanol–water partition coefficient (Wildman–Crippen LogP) is 3.34. The van der Waals surface area contributed by atoms with Crippen LogP contribution in [-0.4, -0.2) is 0 Å². The van der Waals surface area contributed by atoms with Crippen molar-refractivity contribution in [3.05, 3.63) is 42.5 Å². The van der Waals surface area contributed by atoms with E-state index in [-0.39, 0.29) is 0 Å². The minimum Gasteiger partial charge on any atom is -0.143 e. The van der Waals surface area contributed by atoms with Gasteiger partial charge in [-0.2, -0.15) is 0 Å². The van der Waals surface area contributed by atoms with Crippen LogP contribution in [0.15, 0.2) is 41.8 Å². The lowest BCUT2D eigenvalue weighted by atomic mass is 10.0. The van der Waals surface area contributed by atoms with Gasteiger partial charge in [-0.15, -0.1) is 19.2 Å². The Morgan fingerprint density at radius 3 is 2.50 bits per heavy atom. The van der Waals surface area contributed by atoms with E-state index in [4.69, 9.17) is 0 Å². The molecule has 0 heterocycles. The molecule has 1 aromatic rings. The van der Waals surface area contributed by atoms with Crippen molar-refractivity contribution in [2.75, 3.05) is 0 Å². The van der Waals surface area contributed by atoms with E-state index in [1.165, 1.54) is 5.56 Å². The number of hydrogen-bond donors (Lipinski definition) is 1. The molecule has 0 nitrogen and oxygen atoms in total. The molecular weight excluding hydrogens is 164 g/mol. The van der Waals surface area contributed by atoms with Crippen molar-refractivity contribution in [3.8, 4) is 0 Å². The zero-order valence-corrected chi connectivity index (χ0v) is 8.22. The summed E-state index contributed by atoms with van der Waals surface area (Å²) in [4.78, 5) is 1.02. The third kappa shape index (κ3) is 2.74. The second kappa shape index (κ2) is 4.36. The van der Waals surface area contributed by atoms with Crippen molar-refractivity contribution < 1.29 is 0 Å². The molecule has 0 aliphatic heterocycles. The van der Waals surface area contributed by atoms with Crippen molar-refractivity contribution >= 4 is 12.6 Å². The Morgan fingerprint density at radius 2 is 2.00 bits per heavy atom. The first-order chi connectivity index (χ1) is 5.72. The van der Waals surface area contributed by atoms with Crippen LogP contribution in [-0.2, 0) is 6.42 Å². The van der Waals surface area contributed by atoms with Gasteiger partial charge in [0, 0.05) is 4.90 Å². The minimum absolute atomic E-state index is 0.552. The maximum absolute atomic E-state index is 4.23.